The van der Waals surface area contributed by atoms with Crippen molar-refractivity contribution in [2.75, 3.05) is 0 Å². The van der Waals surface area contributed by atoms with Crippen molar-refractivity contribution in [3.05, 3.63) is 29.3 Å². The van der Waals surface area contributed by atoms with Gasteiger partial charge in [0, 0.05) is 0 Å². The third-order valence-corrected chi connectivity index (χ3v) is 2.63. The summed E-state index contributed by atoms with van der Waals surface area (Å²) in [4.78, 5) is 20.2. The molecule has 0 aliphatic carbocycles. The first-order chi connectivity index (χ1) is 7.23. The van der Waals surface area contributed by atoms with Gasteiger partial charge in [-0.05, 0) is 18.2 Å². The van der Waals surface area contributed by atoms with Crippen LogP contribution in [-0.2, 0) is 10.1 Å². The van der Waals surface area contributed by atoms with Crippen LogP contribution in [-0.4, -0.2) is 35.1 Å². The Balaban J connectivity index is 0. The minimum absolute atomic E-state index is 0. The number of carboxylic acid groups (broad SMARTS) is 2. The van der Waals surface area contributed by atoms with Crippen molar-refractivity contribution in [3.63, 3.8) is 0 Å². The molecule has 0 fully saturated rings. The van der Waals surface area contributed by atoms with Crippen LogP contribution in [0.25, 0.3) is 0 Å². The average Bonchev–Trinajstić information content (AvgIpc) is 2.15. The fourth-order valence-corrected chi connectivity index (χ4v) is 1.75. The molecule has 0 bridgehead atoms. The largest absolute Gasteiger partial charge is 1.00 e. The first kappa shape index (κ1) is 16.9. The van der Waals surface area contributed by atoms with Crippen LogP contribution < -0.4 is 58.2 Å². The molecule has 9 heteroatoms. The molecule has 1 aromatic rings. The topological polar surface area (TPSA) is 129 Å². The van der Waals surface area contributed by atoms with Crippen molar-refractivity contribution in [2.45, 2.75) is 4.90 Å². The second-order valence-corrected chi connectivity index (χ2v) is 4.19. The van der Waals surface area contributed by atoms with Gasteiger partial charge in [0.05, 0.1) is 11.1 Å². The summed E-state index contributed by atoms with van der Waals surface area (Å²) in [6.07, 6.45) is 0. The Morgan fingerprint density at radius 1 is 1.12 bits per heavy atom. The summed E-state index contributed by atoms with van der Waals surface area (Å²) in [5.74, 6) is -3.01. The summed E-state index contributed by atoms with van der Waals surface area (Å²) in [5, 5.41) is 17.2. The number of carboxylic acids is 2. The number of rotatable bonds is 3. The molecule has 0 aliphatic heterocycles. The zero-order valence-electron chi connectivity index (χ0n) is 9.61. The molecular weight excluding hydrogens is 326 g/mol. The van der Waals surface area contributed by atoms with Crippen LogP contribution in [0.2, 0.25) is 0 Å². The number of hydrogen-bond donors (Lipinski definition) is 3. The summed E-state index contributed by atoms with van der Waals surface area (Å²) in [6.45, 7) is 0. The Bertz CT molecular complexity index is 569. The van der Waals surface area contributed by atoms with E-state index in [-0.39, 0.29) is 59.6 Å². The molecule has 0 amide bonds. The van der Waals surface area contributed by atoms with Gasteiger partial charge < -0.3 is 11.6 Å². The molecule has 88 valence electrons. The maximum absolute atomic E-state index is 10.8. The molecule has 3 N–H and O–H groups in total. The zero-order chi connectivity index (χ0) is 12.5. The fraction of sp³-hybridized carbons (Fsp3) is 0. The van der Waals surface area contributed by atoms with E-state index < -0.39 is 38.1 Å². The van der Waals surface area contributed by atoms with E-state index >= 15 is 0 Å². The van der Waals surface area contributed by atoms with Crippen LogP contribution >= 0.6 is 0 Å². The second-order valence-electron chi connectivity index (χ2n) is 2.80. The summed E-state index contributed by atoms with van der Waals surface area (Å²) < 4.78 is 30.4. The van der Waals surface area contributed by atoms with Gasteiger partial charge in [-0.3, -0.25) is 4.55 Å². The Morgan fingerprint density at radius 2 is 1.65 bits per heavy atom. The van der Waals surface area contributed by atoms with Crippen molar-refractivity contribution in [1.29, 1.82) is 0 Å². The van der Waals surface area contributed by atoms with E-state index in [9.17, 15) is 18.0 Å². The molecule has 0 aromatic heterocycles. The molecule has 0 saturated heterocycles. The Morgan fingerprint density at radius 3 is 2.00 bits per heavy atom. The molecule has 0 saturated carbocycles. The third kappa shape index (κ3) is 4.23. The average molecular weight is 333 g/mol. The van der Waals surface area contributed by atoms with Crippen molar-refractivity contribution in [1.82, 2.24) is 0 Å². The van der Waals surface area contributed by atoms with Gasteiger partial charge >= 0.3 is 70.1 Å². The smallest absolute Gasteiger partial charge is 1.00 e. The molecule has 1 rings (SSSR count). The van der Waals surface area contributed by atoms with Crippen LogP contribution in [0.1, 0.15) is 22.1 Å². The monoisotopic (exact) mass is 332 g/mol. The van der Waals surface area contributed by atoms with Gasteiger partial charge in [0.1, 0.15) is 4.90 Å². The summed E-state index contributed by atoms with van der Waals surface area (Å²) in [7, 11) is -4.78. The predicted molar refractivity (Wildman–Crippen MR) is 51.3 cm³/mol. The first-order valence-electron chi connectivity index (χ1n) is 3.81. The van der Waals surface area contributed by atoms with Gasteiger partial charge in [0.15, 0.2) is 0 Å². The summed E-state index contributed by atoms with van der Waals surface area (Å²) >= 11 is 0. The maximum Gasteiger partial charge on any atom is 1.00 e. The van der Waals surface area contributed by atoms with E-state index in [4.69, 9.17) is 14.8 Å². The Hall–Kier alpha value is -0.125. The quantitative estimate of drug-likeness (QED) is 0.519. The van der Waals surface area contributed by atoms with Crippen LogP contribution in [0, 0.1) is 0 Å². The maximum atomic E-state index is 10.8. The predicted octanol–water partition coefficient (Wildman–Crippen LogP) is -2.55. The zero-order valence-corrected chi connectivity index (χ0v) is 14.3. The van der Waals surface area contributed by atoms with Gasteiger partial charge in [-0.15, -0.1) is 0 Å². The van der Waals surface area contributed by atoms with Crippen LogP contribution in [0.15, 0.2) is 23.1 Å². The standard InChI is InChI=1S/C8H6O7S.Rb.H/c9-7(10)4-1-2-5(8(11)12)6(3-4)16(13,14)15;;/h1-3H,(H,9,10)(H,11,12)(H,13,14,15);;/q;+1;-1. The first-order valence-corrected chi connectivity index (χ1v) is 5.25. The van der Waals surface area contributed by atoms with E-state index in [1.165, 1.54) is 0 Å². The van der Waals surface area contributed by atoms with Gasteiger partial charge in [0.25, 0.3) is 10.1 Å². The summed E-state index contributed by atoms with van der Waals surface area (Å²) in [5.41, 5.74) is -1.12. The van der Waals surface area contributed by atoms with Gasteiger partial charge in [0.2, 0.25) is 0 Å². The number of carbonyl (C=O) groups is 2. The third-order valence-electron chi connectivity index (χ3n) is 1.74. The molecule has 0 atom stereocenters. The Kier molecular flexibility index (Phi) is 6.12. The van der Waals surface area contributed by atoms with Crippen molar-refractivity contribution < 1.29 is 92.4 Å². The molecule has 7 nitrogen and oxygen atoms in total. The number of aromatic carboxylic acids is 2. The van der Waals surface area contributed by atoms with Gasteiger partial charge in [-0.25, -0.2) is 9.59 Å². The molecule has 0 heterocycles. The molecule has 17 heavy (non-hydrogen) atoms. The van der Waals surface area contributed by atoms with Gasteiger partial charge in [-0.1, -0.05) is 0 Å². The van der Waals surface area contributed by atoms with Crippen LogP contribution in [0.5, 0.6) is 0 Å². The van der Waals surface area contributed by atoms with Gasteiger partial charge in [-0.2, -0.15) is 8.42 Å². The van der Waals surface area contributed by atoms with Crippen molar-refractivity contribution in [2.24, 2.45) is 0 Å². The van der Waals surface area contributed by atoms with E-state index in [2.05, 4.69) is 0 Å². The number of hydrogen-bond acceptors (Lipinski definition) is 4. The van der Waals surface area contributed by atoms with Crippen molar-refractivity contribution >= 4 is 22.1 Å². The SMILES string of the molecule is O=C(O)c1ccc(C(=O)O)c(S(=O)(=O)O)c1.[H-].[Rb+]. The van der Waals surface area contributed by atoms with E-state index in [0.717, 1.165) is 12.1 Å². The fourth-order valence-electron chi connectivity index (χ4n) is 1.05. The van der Waals surface area contributed by atoms with Crippen molar-refractivity contribution in [3.8, 4) is 0 Å². The van der Waals surface area contributed by atoms with Crippen LogP contribution in [0.4, 0.5) is 0 Å². The second kappa shape index (κ2) is 6.16. The van der Waals surface area contributed by atoms with E-state index in [1.54, 1.807) is 0 Å². The molecule has 0 spiro atoms. The minimum Gasteiger partial charge on any atom is -1.00 e. The molecule has 0 radical (unpaired) electrons. The molecule has 0 aliphatic rings. The van der Waals surface area contributed by atoms with E-state index in [1.807, 2.05) is 0 Å². The molecule has 0 unspecified atom stereocenters. The number of benzene rings is 1. The summed E-state index contributed by atoms with van der Waals surface area (Å²) in [6, 6.07) is 2.32. The molecular formula is C8H7O7RbS. The molecule has 1 aromatic carbocycles. The van der Waals surface area contributed by atoms with Crippen LogP contribution in [0.3, 0.4) is 0 Å². The van der Waals surface area contributed by atoms with E-state index in [0.29, 0.717) is 6.07 Å². The minimum atomic E-state index is -4.78. The Labute approximate surface area is 146 Å². The normalized spacial score (nSPS) is 10.4.